The van der Waals surface area contributed by atoms with Crippen molar-refractivity contribution in [1.29, 1.82) is 0 Å². The zero-order valence-electron chi connectivity index (χ0n) is 18.9. The Labute approximate surface area is 184 Å². The molecule has 1 nitrogen and oxygen atoms in total. The van der Waals surface area contributed by atoms with E-state index in [-0.39, 0.29) is 5.41 Å². The number of fused-ring (bicyclic) bond motifs is 4. The predicted molar refractivity (Wildman–Crippen MR) is 132 cm³/mol. The maximum Gasteiger partial charge on any atom is 0.0880 e. The van der Waals surface area contributed by atoms with Gasteiger partial charge in [-0.1, -0.05) is 32.9 Å². The largest absolute Gasteiger partial charge is 0.255 e. The molecule has 2 aromatic heterocycles. The maximum atomic E-state index is 4.86. The Balaban J connectivity index is 1.83. The third-order valence-corrected chi connectivity index (χ3v) is 7.76. The van der Waals surface area contributed by atoms with E-state index in [2.05, 4.69) is 65.0 Å². The molecule has 0 radical (unpaired) electrons. The van der Waals surface area contributed by atoms with Crippen LogP contribution in [0.3, 0.4) is 0 Å². The van der Waals surface area contributed by atoms with Crippen LogP contribution in [0.25, 0.3) is 31.4 Å². The summed E-state index contributed by atoms with van der Waals surface area (Å²) in [7, 11) is 0. The Morgan fingerprint density at radius 3 is 2.53 bits per heavy atom. The fourth-order valence-corrected chi connectivity index (χ4v) is 6.32. The minimum Gasteiger partial charge on any atom is -0.255 e. The maximum absolute atomic E-state index is 4.86. The Morgan fingerprint density at radius 2 is 1.77 bits per heavy atom. The average Bonchev–Trinajstić information content (AvgIpc) is 3.07. The Bertz CT molecular complexity index is 1270. The first kappa shape index (κ1) is 19.8. The third-order valence-electron chi connectivity index (χ3n) is 6.60. The average molecular weight is 414 g/mol. The first-order chi connectivity index (χ1) is 14.3. The molecule has 2 heteroatoms. The van der Waals surface area contributed by atoms with Gasteiger partial charge in [-0.25, -0.2) is 0 Å². The Morgan fingerprint density at radius 1 is 0.967 bits per heavy atom. The van der Waals surface area contributed by atoms with Gasteiger partial charge in [0.05, 0.1) is 10.4 Å². The van der Waals surface area contributed by atoms with Crippen LogP contribution >= 0.6 is 11.3 Å². The van der Waals surface area contributed by atoms with Gasteiger partial charge in [0.1, 0.15) is 0 Å². The second kappa shape index (κ2) is 7.20. The molecule has 0 saturated heterocycles. The van der Waals surface area contributed by atoms with Crippen molar-refractivity contribution in [3.05, 3.63) is 64.3 Å². The monoisotopic (exact) mass is 413 g/mol. The summed E-state index contributed by atoms with van der Waals surface area (Å²) in [5, 5.41) is 2.89. The van der Waals surface area contributed by atoms with Gasteiger partial charge in [-0.2, -0.15) is 0 Å². The second-order valence-corrected chi connectivity index (χ2v) is 11.3. The summed E-state index contributed by atoms with van der Waals surface area (Å²) in [5.74, 6) is 0. The number of hydrogen-bond donors (Lipinski definition) is 0. The summed E-state index contributed by atoms with van der Waals surface area (Å²) in [6.45, 7) is 11.5. The highest BCUT2D eigenvalue weighted by atomic mass is 32.1. The number of benzene rings is 2. The van der Waals surface area contributed by atoms with Crippen molar-refractivity contribution in [2.24, 2.45) is 5.41 Å². The van der Waals surface area contributed by atoms with Crippen molar-refractivity contribution >= 4 is 31.5 Å². The molecule has 5 rings (SSSR count). The quantitative estimate of drug-likeness (QED) is 0.323. The molecule has 30 heavy (non-hydrogen) atoms. The molecule has 2 aromatic carbocycles. The Kier molecular flexibility index (Phi) is 4.74. The molecule has 2 heterocycles. The van der Waals surface area contributed by atoms with Gasteiger partial charge < -0.3 is 0 Å². The van der Waals surface area contributed by atoms with Crippen LogP contribution in [0.4, 0.5) is 0 Å². The normalized spacial score (nSPS) is 14.4. The van der Waals surface area contributed by atoms with Crippen LogP contribution in [-0.2, 0) is 19.3 Å². The molecule has 0 N–H and O–H groups in total. The molecule has 1 aliphatic rings. The van der Waals surface area contributed by atoms with E-state index in [0.29, 0.717) is 0 Å². The highest BCUT2D eigenvalue weighted by Crippen LogP contribution is 2.45. The van der Waals surface area contributed by atoms with Gasteiger partial charge in [0.25, 0.3) is 0 Å². The molecule has 0 fully saturated rings. The van der Waals surface area contributed by atoms with Crippen LogP contribution in [0.15, 0.2) is 36.5 Å². The molecule has 0 unspecified atom stereocenters. The zero-order valence-corrected chi connectivity index (χ0v) is 19.7. The highest BCUT2D eigenvalue weighted by molar-refractivity contribution is 7.26. The topological polar surface area (TPSA) is 12.9 Å². The summed E-state index contributed by atoms with van der Waals surface area (Å²) >= 11 is 1.94. The SMILES string of the molecule is Cc1ccc(-c2nccc3c2sc2cc4c(c(CC(C)(C)C)c23)CCCC4)cc1C. The Hall–Kier alpha value is -2.19. The van der Waals surface area contributed by atoms with Crippen molar-refractivity contribution in [2.45, 2.75) is 66.7 Å². The number of nitrogens with zero attached hydrogens (tertiary/aromatic N) is 1. The summed E-state index contributed by atoms with van der Waals surface area (Å²) in [4.78, 5) is 4.86. The number of pyridine rings is 1. The number of hydrogen-bond acceptors (Lipinski definition) is 2. The summed E-state index contributed by atoms with van der Waals surface area (Å²) in [6, 6.07) is 11.5. The van der Waals surface area contributed by atoms with Crippen LogP contribution in [0.2, 0.25) is 0 Å². The van der Waals surface area contributed by atoms with Gasteiger partial charge in [-0.3, -0.25) is 4.98 Å². The molecule has 4 aromatic rings. The van der Waals surface area contributed by atoms with Crippen molar-refractivity contribution < 1.29 is 0 Å². The molecular formula is C28H31NS. The molecule has 0 bridgehead atoms. The van der Waals surface area contributed by atoms with Gasteiger partial charge >= 0.3 is 0 Å². The number of aromatic nitrogens is 1. The fraction of sp³-hybridized carbons (Fsp3) is 0.393. The molecular weight excluding hydrogens is 382 g/mol. The molecule has 0 atom stereocenters. The summed E-state index contributed by atoms with van der Waals surface area (Å²) < 4.78 is 2.79. The van der Waals surface area contributed by atoms with Crippen LogP contribution in [-0.4, -0.2) is 4.98 Å². The molecule has 0 saturated carbocycles. The second-order valence-electron chi connectivity index (χ2n) is 10.2. The number of aryl methyl sites for hydroxylation is 3. The zero-order chi connectivity index (χ0) is 21.0. The van der Waals surface area contributed by atoms with Crippen LogP contribution in [0.5, 0.6) is 0 Å². The first-order valence-corrected chi connectivity index (χ1v) is 12.1. The number of rotatable bonds is 2. The van der Waals surface area contributed by atoms with Gasteiger partial charge in [-0.15, -0.1) is 11.3 Å². The van der Waals surface area contributed by atoms with E-state index in [1.54, 1.807) is 16.7 Å². The smallest absolute Gasteiger partial charge is 0.0880 e. The van der Waals surface area contributed by atoms with E-state index in [1.165, 1.54) is 62.5 Å². The van der Waals surface area contributed by atoms with Crippen LogP contribution < -0.4 is 0 Å². The molecule has 0 aliphatic heterocycles. The van der Waals surface area contributed by atoms with Gasteiger partial charge in [0.15, 0.2) is 0 Å². The van der Waals surface area contributed by atoms with E-state index in [1.807, 2.05) is 17.5 Å². The van der Waals surface area contributed by atoms with Gasteiger partial charge in [0.2, 0.25) is 0 Å². The first-order valence-electron chi connectivity index (χ1n) is 11.2. The highest BCUT2D eigenvalue weighted by Gasteiger charge is 2.24. The van der Waals surface area contributed by atoms with Gasteiger partial charge in [-0.05, 0) is 97.4 Å². The van der Waals surface area contributed by atoms with Crippen molar-refractivity contribution in [3.8, 4) is 11.3 Å². The number of thiophene rings is 1. The molecule has 154 valence electrons. The molecule has 0 spiro atoms. The lowest BCUT2D eigenvalue weighted by Crippen LogP contribution is -2.14. The molecule has 0 amide bonds. The minimum atomic E-state index is 0.275. The van der Waals surface area contributed by atoms with E-state index in [9.17, 15) is 0 Å². The van der Waals surface area contributed by atoms with Crippen molar-refractivity contribution in [1.82, 2.24) is 4.98 Å². The van der Waals surface area contributed by atoms with Gasteiger partial charge in [0, 0.05) is 27.2 Å². The third kappa shape index (κ3) is 3.36. The van der Waals surface area contributed by atoms with E-state index in [0.717, 1.165) is 12.1 Å². The molecule has 1 aliphatic carbocycles. The van der Waals surface area contributed by atoms with Crippen molar-refractivity contribution in [3.63, 3.8) is 0 Å². The lowest BCUT2D eigenvalue weighted by atomic mass is 9.79. The van der Waals surface area contributed by atoms with Crippen molar-refractivity contribution in [2.75, 3.05) is 0 Å². The summed E-state index contributed by atoms with van der Waals surface area (Å²) in [6.07, 6.45) is 8.28. The van der Waals surface area contributed by atoms with Crippen LogP contribution in [0, 0.1) is 19.3 Å². The standard InChI is InChI=1S/C28H31NS/c1-17-10-11-20(14-18(17)2)26-27-22(12-13-29-26)25-23(16-28(3,4)5)21-9-7-6-8-19(21)15-24(25)30-27/h10-15H,6-9,16H2,1-5H3. The van der Waals surface area contributed by atoms with Crippen LogP contribution in [0.1, 0.15) is 61.4 Å². The summed E-state index contributed by atoms with van der Waals surface area (Å²) in [5.41, 5.74) is 10.2. The fourth-order valence-electron chi connectivity index (χ4n) is 5.02. The van der Waals surface area contributed by atoms with E-state index >= 15 is 0 Å². The lowest BCUT2D eigenvalue weighted by molar-refractivity contribution is 0.410. The predicted octanol–water partition coefficient (Wildman–Crippen LogP) is 8.20. The van der Waals surface area contributed by atoms with E-state index in [4.69, 9.17) is 4.98 Å². The minimum absolute atomic E-state index is 0.275. The lowest BCUT2D eigenvalue weighted by Gasteiger charge is -2.26. The van der Waals surface area contributed by atoms with E-state index < -0.39 is 0 Å².